The van der Waals surface area contributed by atoms with Crippen LogP contribution in [0.3, 0.4) is 0 Å². The lowest BCUT2D eigenvalue weighted by Crippen LogP contribution is -2.32. The van der Waals surface area contributed by atoms with Gasteiger partial charge in [0.05, 0.1) is 17.8 Å². The third-order valence-corrected chi connectivity index (χ3v) is 2.49. The second kappa shape index (κ2) is 5.82. The lowest BCUT2D eigenvalue weighted by atomic mass is 10.2. The van der Waals surface area contributed by atoms with Gasteiger partial charge in [-0.25, -0.2) is 9.78 Å². The zero-order valence-electron chi connectivity index (χ0n) is 10.3. The van der Waals surface area contributed by atoms with Gasteiger partial charge in [-0.2, -0.15) is 0 Å². The van der Waals surface area contributed by atoms with Crippen LogP contribution >= 0.6 is 0 Å². The summed E-state index contributed by atoms with van der Waals surface area (Å²) in [5, 5.41) is 8.87. The van der Waals surface area contributed by atoms with E-state index in [-0.39, 0.29) is 23.7 Å². The van der Waals surface area contributed by atoms with Crippen LogP contribution in [0, 0.1) is 19.3 Å². The fourth-order valence-corrected chi connectivity index (χ4v) is 1.51. The van der Waals surface area contributed by atoms with Crippen LogP contribution in [0.4, 0.5) is 0 Å². The Morgan fingerprint density at radius 2 is 2.17 bits per heavy atom. The van der Waals surface area contributed by atoms with E-state index in [9.17, 15) is 9.59 Å². The summed E-state index contributed by atoms with van der Waals surface area (Å²) >= 11 is 0. The molecule has 0 saturated carbocycles. The number of carbonyl (C=O) groups is 2. The van der Waals surface area contributed by atoms with E-state index in [0.717, 1.165) is 0 Å². The number of carbonyl (C=O) groups excluding carboxylic acids is 1. The van der Waals surface area contributed by atoms with Gasteiger partial charge in [0.15, 0.2) is 0 Å². The molecule has 1 aromatic rings. The van der Waals surface area contributed by atoms with Gasteiger partial charge in [0.1, 0.15) is 5.69 Å². The standard InChI is InChI=1S/C13H14N2O3/c1-4-8-15(5-2)12(16)11-7-6-10(13(17)18)9(3)14-11/h1,6-7H,5,8H2,2-3H3,(H,17,18). The van der Waals surface area contributed by atoms with Gasteiger partial charge in [-0.1, -0.05) is 5.92 Å². The highest BCUT2D eigenvalue weighted by atomic mass is 16.4. The number of aryl methyl sites for hydroxylation is 1. The summed E-state index contributed by atoms with van der Waals surface area (Å²) in [5.74, 6) is 1.04. The average Bonchev–Trinajstić information content (AvgIpc) is 2.34. The van der Waals surface area contributed by atoms with Crippen LogP contribution in [0.25, 0.3) is 0 Å². The number of carboxylic acids is 1. The first-order chi connectivity index (χ1) is 8.51. The van der Waals surface area contributed by atoms with Gasteiger partial charge in [0, 0.05) is 6.54 Å². The molecule has 5 nitrogen and oxygen atoms in total. The Morgan fingerprint density at radius 3 is 2.61 bits per heavy atom. The predicted molar refractivity (Wildman–Crippen MR) is 66.3 cm³/mol. The molecule has 94 valence electrons. The molecule has 1 N–H and O–H groups in total. The number of amides is 1. The van der Waals surface area contributed by atoms with Crippen LogP contribution in [0.2, 0.25) is 0 Å². The molecule has 0 aromatic carbocycles. The van der Waals surface area contributed by atoms with Crippen molar-refractivity contribution >= 4 is 11.9 Å². The van der Waals surface area contributed by atoms with Crippen molar-refractivity contribution in [3.63, 3.8) is 0 Å². The third-order valence-electron chi connectivity index (χ3n) is 2.49. The molecule has 1 amide bonds. The van der Waals surface area contributed by atoms with Gasteiger partial charge in [-0.3, -0.25) is 4.79 Å². The summed E-state index contributed by atoms with van der Waals surface area (Å²) < 4.78 is 0. The lowest BCUT2D eigenvalue weighted by molar-refractivity contribution is 0.0692. The number of hydrogen-bond acceptors (Lipinski definition) is 3. The van der Waals surface area contributed by atoms with Crippen molar-refractivity contribution in [2.24, 2.45) is 0 Å². The summed E-state index contributed by atoms with van der Waals surface area (Å²) in [7, 11) is 0. The molecule has 5 heteroatoms. The number of rotatable bonds is 4. The van der Waals surface area contributed by atoms with E-state index < -0.39 is 5.97 Å². The van der Waals surface area contributed by atoms with E-state index in [4.69, 9.17) is 11.5 Å². The van der Waals surface area contributed by atoms with Crippen molar-refractivity contribution in [3.05, 3.63) is 29.1 Å². The zero-order chi connectivity index (χ0) is 13.7. The van der Waals surface area contributed by atoms with E-state index in [1.165, 1.54) is 17.0 Å². The fourth-order valence-electron chi connectivity index (χ4n) is 1.51. The SMILES string of the molecule is C#CCN(CC)C(=O)c1ccc(C(=O)O)c(C)n1. The third kappa shape index (κ3) is 2.86. The average molecular weight is 246 g/mol. The predicted octanol–water partition coefficient (Wildman–Crippen LogP) is 1.18. The Labute approximate surface area is 105 Å². The monoisotopic (exact) mass is 246 g/mol. The second-order valence-corrected chi connectivity index (χ2v) is 3.66. The molecule has 1 rings (SSSR count). The first-order valence-corrected chi connectivity index (χ1v) is 5.45. The molecule has 1 heterocycles. The highest BCUT2D eigenvalue weighted by Gasteiger charge is 2.17. The number of nitrogens with zero attached hydrogens (tertiary/aromatic N) is 2. The topological polar surface area (TPSA) is 70.5 Å². The van der Waals surface area contributed by atoms with E-state index in [1.807, 2.05) is 6.92 Å². The van der Waals surface area contributed by atoms with Crippen LogP contribution in [-0.4, -0.2) is 40.0 Å². The second-order valence-electron chi connectivity index (χ2n) is 3.66. The van der Waals surface area contributed by atoms with Crippen LogP contribution < -0.4 is 0 Å². The van der Waals surface area contributed by atoms with Crippen LogP contribution in [0.1, 0.15) is 33.5 Å². The number of hydrogen-bond donors (Lipinski definition) is 1. The van der Waals surface area contributed by atoms with Crippen LogP contribution in [0.15, 0.2) is 12.1 Å². The van der Waals surface area contributed by atoms with Gasteiger partial charge in [-0.15, -0.1) is 6.42 Å². The Balaban J connectivity index is 3.05. The molecule has 0 unspecified atom stereocenters. The molecular formula is C13H14N2O3. The van der Waals surface area contributed by atoms with Crippen molar-refractivity contribution < 1.29 is 14.7 Å². The van der Waals surface area contributed by atoms with Gasteiger partial charge < -0.3 is 10.0 Å². The van der Waals surface area contributed by atoms with Gasteiger partial charge in [-0.05, 0) is 26.0 Å². The van der Waals surface area contributed by atoms with E-state index in [1.54, 1.807) is 6.92 Å². The Hall–Kier alpha value is -2.35. The molecule has 1 aromatic heterocycles. The molecule has 0 atom stereocenters. The summed E-state index contributed by atoms with van der Waals surface area (Å²) in [4.78, 5) is 28.3. The summed E-state index contributed by atoms with van der Waals surface area (Å²) in [5.41, 5.74) is 0.603. The molecule has 0 aliphatic heterocycles. The van der Waals surface area contributed by atoms with Crippen LogP contribution in [0.5, 0.6) is 0 Å². The summed E-state index contributed by atoms with van der Waals surface area (Å²) in [6.45, 7) is 4.05. The van der Waals surface area contributed by atoms with Crippen molar-refractivity contribution in [2.75, 3.05) is 13.1 Å². The van der Waals surface area contributed by atoms with Gasteiger partial charge in [0.25, 0.3) is 5.91 Å². The number of aromatic nitrogens is 1. The minimum atomic E-state index is -1.06. The summed E-state index contributed by atoms with van der Waals surface area (Å²) in [6, 6.07) is 2.78. The normalized spacial score (nSPS) is 9.61. The first-order valence-electron chi connectivity index (χ1n) is 5.45. The maximum Gasteiger partial charge on any atom is 0.337 e. The molecule has 0 aliphatic rings. The smallest absolute Gasteiger partial charge is 0.337 e. The number of pyridine rings is 1. The highest BCUT2D eigenvalue weighted by molar-refractivity contribution is 5.94. The number of carboxylic acid groups (broad SMARTS) is 1. The Morgan fingerprint density at radius 1 is 1.50 bits per heavy atom. The van der Waals surface area contributed by atoms with Crippen molar-refractivity contribution in [1.29, 1.82) is 0 Å². The van der Waals surface area contributed by atoms with Crippen molar-refractivity contribution in [2.45, 2.75) is 13.8 Å². The van der Waals surface area contributed by atoms with Crippen molar-refractivity contribution in [3.8, 4) is 12.3 Å². The number of terminal acetylenes is 1. The molecule has 0 radical (unpaired) electrons. The fraction of sp³-hybridized carbons (Fsp3) is 0.308. The molecule has 0 fully saturated rings. The summed E-state index contributed by atoms with van der Waals surface area (Å²) in [6.07, 6.45) is 5.17. The van der Waals surface area contributed by atoms with Gasteiger partial charge in [0.2, 0.25) is 0 Å². The highest BCUT2D eigenvalue weighted by Crippen LogP contribution is 2.09. The minimum Gasteiger partial charge on any atom is -0.478 e. The molecule has 0 spiro atoms. The quantitative estimate of drug-likeness (QED) is 0.810. The Kier molecular flexibility index (Phi) is 4.44. The lowest BCUT2D eigenvalue weighted by Gasteiger charge is -2.17. The molecule has 0 bridgehead atoms. The number of aromatic carboxylic acids is 1. The molecule has 0 saturated heterocycles. The van der Waals surface area contributed by atoms with E-state index >= 15 is 0 Å². The molecule has 18 heavy (non-hydrogen) atoms. The maximum absolute atomic E-state index is 12.0. The first kappa shape index (κ1) is 13.7. The maximum atomic E-state index is 12.0. The van der Waals surface area contributed by atoms with Crippen molar-refractivity contribution in [1.82, 2.24) is 9.88 Å². The molecular weight excluding hydrogens is 232 g/mol. The Bertz CT molecular complexity index is 517. The van der Waals surface area contributed by atoms with E-state index in [0.29, 0.717) is 12.2 Å². The van der Waals surface area contributed by atoms with Crippen LogP contribution in [-0.2, 0) is 0 Å². The van der Waals surface area contributed by atoms with E-state index in [2.05, 4.69) is 10.9 Å². The largest absolute Gasteiger partial charge is 0.478 e. The van der Waals surface area contributed by atoms with Gasteiger partial charge >= 0.3 is 5.97 Å². The molecule has 0 aliphatic carbocycles. The minimum absolute atomic E-state index is 0.0894. The zero-order valence-corrected chi connectivity index (χ0v) is 10.3.